The molecule has 0 radical (unpaired) electrons. The van der Waals surface area contributed by atoms with Crippen molar-refractivity contribution in [3.63, 3.8) is 0 Å². The van der Waals surface area contributed by atoms with Crippen molar-refractivity contribution < 1.29 is 9.53 Å². The molecule has 1 aromatic rings. The average Bonchev–Trinajstić information content (AvgIpc) is 2.39. The van der Waals surface area contributed by atoms with Gasteiger partial charge in [0.15, 0.2) is 0 Å². The Bertz CT molecular complexity index is 407. The number of nitrogens with zero attached hydrogens (tertiary/aromatic N) is 1. The molecule has 0 fully saturated rings. The molecule has 1 heterocycles. The average molecular weight is 265 g/mol. The zero-order valence-corrected chi connectivity index (χ0v) is 12.1. The van der Waals surface area contributed by atoms with Gasteiger partial charge < -0.3 is 15.4 Å². The van der Waals surface area contributed by atoms with Crippen molar-refractivity contribution in [2.45, 2.75) is 26.8 Å². The van der Waals surface area contributed by atoms with E-state index in [-0.39, 0.29) is 11.9 Å². The molecule has 1 atom stereocenters. The number of anilines is 1. The summed E-state index contributed by atoms with van der Waals surface area (Å²) in [4.78, 5) is 16.3. The molecule has 5 heteroatoms. The fourth-order valence-corrected chi connectivity index (χ4v) is 1.75. The molecule has 0 spiro atoms. The smallest absolute Gasteiger partial charge is 0.255 e. The molecule has 106 valence electrons. The summed E-state index contributed by atoms with van der Waals surface area (Å²) in [6.07, 6.45) is 3.25. The molecule has 0 aliphatic heterocycles. The zero-order valence-electron chi connectivity index (χ0n) is 12.1. The third-order valence-corrected chi connectivity index (χ3v) is 2.90. The number of hydrogen-bond donors (Lipinski definition) is 2. The van der Waals surface area contributed by atoms with Crippen LogP contribution in [0.25, 0.3) is 0 Å². The predicted octanol–water partition coefficient (Wildman–Crippen LogP) is 1.91. The lowest BCUT2D eigenvalue weighted by atomic mass is 10.0. The van der Waals surface area contributed by atoms with Crippen LogP contribution in [0, 0.1) is 5.92 Å². The lowest BCUT2D eigenvalue weighted by molar-refractivity contribution is 0.0867. The first kappa shape index (κ1) is 15.4. The highest BCUT2D eigenvalue weighted by atomic mass is 16.5. The predicted molar refractivity (Wildman–Crippen MR) is 76.4 cm³/mol. The van der Waals surface area contributed by atoms with Crippen LogP contribution < -0.4 is 10.6 Å². The van der Waals surface area contributed by atoms with Crippen LogP contribution in [-0.2, 0) is 4.74 Å². The SMILES string of the molecule is CCNc1ccncc1C(=O)NC(COC)C(C)C. The largest absolute Gasteiger partial charge is 0.385 e. The maximum atomic E-state index is 12.3. The van der Waals surface area contributed by atoms with E-state index in [0.29, 0.717) is 18.1 Å². The summed E-state index contributed by atoms with van der Waals surface area (Å²) < 4.78 is 5.13. The van der Waals surface area contributed by atoms with Crippen molar-refractivity contribution >= 4 is 11.6 Å². The van der Waals surface area contributed by atoms with Gasteiger partial charge in [0.05, 0.1) is 23.9 Å². The number of amides is 1. The number of rotatable bonds is 7. The van der Waals surface area contributed by atoms with Crippen molar-refractivity contribution in [2.75, 3.05) is 25.6 Å². The Morgan fingerprint density at radius 3 is 2.79 bits per heavy atom. The molecule has 1 unspecified atom stereocenters. The highest BCUT2D eigenvalue weighted by Crippen LogP contribution is 2.14. The zero-order chi connectivity index (χ0) is 14.3. The van der Waals surface area contributed by atoms with E-state index in [1.165, 1.54) is 0 Å². The minimum atomic E-state index is -0.125. The number of carbonyl (C=O) groups is 1. The molecule has 1 aromatic heterocycles. The van der Waals surface area contributed by atoms with Gasteiger partial charge in [-0.05, 0) is 18.9 Å². The lowest BCUT2D eigenvalue weighted by Crippen LogP contribution is -2.41. The van der Waals surface area contributed by atoms with Gasteiger partial charge >= 0.3 is 0 Å². The Labute approximate surface area is 114 Å². The number of nitrogens with one attached hydrogen (secondary N) is 2. The molecule has 0 saturated carbocycles. The van der Waals surface area contributed by atoms with Crippen LogP contribution >= 0.6 is 0 Å². The van der Waals surface area contributed by atoms with Crippen LogP contribution in [0.2, 0.25) is 0 Å². The molecule has 0 aliphatic carbocycles. The van der Waals surface area contributed by atoms with Crippen molar-refractivity contribution in [2.24, 2.45) is 5.92 Å². The number of hydrogen-bond acceptors (Lipinski definition) is 4. The van der Waals surface area contributed by atoms with Gasteiger partial charge in [0.25, 0.3) is 5.91 Å². The van der Waals surface area contributed by atoms with Crippen LogP contribution in [0.4, 0.5) is 5.69 Å². The van der Waals surface area contributed by atoms with E-state index >= 15 is 0 Å². The Kier molecular flexibility index (Phi) is 6.29. The second-order valence-corrected chi connectivity index (χ2v) is 4.73. The van der Waals surface area contributed by atoms with Crippen LogP contribution in [0.1, 0.15) is 31.1 Å². The van der Waals surface area contributed by atoms with E-state index in [9.17, 15) is 4.79 Å². The van der Waals surface area contributed by atoms with Crippen molar-refractivity contribution in [1.82, 2.24) is 10.3 Å². The highest BCUT2D eigenvalue weighted by Gasteiger charge is 2.18. The van der Waals surface area contributed by atoms with Gasteiger partial charge in [-0.25, -0.2) is 0 Å². The summed E-state index contributed by atoms with van der Waals surface area (Å²) >= 11 is 0. The van der Waals surface area contributed by atoms with Gasteiger partial charge in [0.2, 0.25) is 0 Å². The van der Waals surface area contributed by atoms with E-state index in [4.69, 9.17) is 4.74 Å². The van der Waals surface area contributed by atoms with Crippen LogP contribution in [0.5, 0.6) is 0 Å². The van der Waals surface area contributed by atoms with Gasteiger partial charge in [-0.1, -0.05) is 13.8 Å². The minimum absolute atomic E-state index is 0.00724. The summed E-state index contributed by atoms with van der Waals surface area (Å²) in [5, 5.41) is 6.15. The Balaban J connectivity index is 2.81. The van der Waals surface area contributed by atoms with Crippen molar-refractivity contribution in [3.8, 4) is 0 Å². The maximum absolute atomic E-state index is 12.3. The number of ether oxygens (including phenoxy) is 1. The first-order chi connectivity index (χ1) is 9.10. The number of aromatic nitrogens is 1. The first-order valence-corrected chi connectivity index (χ1v) is 6.57. The Morgan fingerprint density at radius 1 is 1.47 bits per heavy atom. The molecule has 0 saturated heterocycles. The second kappa shape index (κ2) is 7.74. The summed E-state index contributed by atoms with van der Waals surface area (Å²) in [5.74, 6) is 0.183. The third-order valence-electron chi connectivity index (χ3n) is 2.90. The van der Waals surface area contributed by atoms with Crippen molar-refractivity contribution in [3.05, 3.63) is 24.0 Å². The molecule has 1 amide bonds. The molecule has 2 N–H and O–H groups in total. The highest BCUT2D eigenvalue weighted by molar-refractivity contribution is 5.99. The summed E-state index contributed by atoms with van der Waals surface area (Å²) in [6, 6.07) is 1.80. The van der Waals surface area contributed by atoms with Gasteiger partial charge in [-0.3, -0.25) is 9.78 Å². The Morgan fingerprint density at radius 2 is 2.21 bits per heavy atom. The first-order valence-electron chi connectivity index (χ1n) is 6.57. The molecule has 19 heavy (non-hydrogen) atoms. The van der Waals surface area contributed by atoms with Gasteiger partial charge in [0.1, 0.15) is 0 Å². The number of pyridine rings is 1. The van der Waals surface area contributed by atoms with E-state index in [0.717, 1.165) is 12.2 Å². The minimum Gasteiger partial charge on any atom is -0.385 e. The third kappa shape index (κ3) is 4.52. The lowest BCUT2D eigenvalue weighted by Gasteiger charge is -2.22. The normalized spacial score (nSPS) is 12.3. The second-order valence-electron chi connectivity index (χ2n) is 4.73. The molecule has 1 rings (SSSR count). The molecule has 0 bridgehead atoms. The topological polar surface area (TPSA) is 63.2 Å². The van der Waals surface area contributed by atoms with E-state index < -0.39 is 0 Å². The summed E-state index contributed by atoms with van der Waals surface area (Å²) in [5.41, 5.74) is 1.36. The van der Waals surface area contributed by atoms with Crippen molar-refractivity contribution in [1.29, 1.82) is 0 Å². The molecule has 0 aromatic carbocycles. The standard InChI is InChI=1S/C14H23N3O2/c1-5-16-12-6-7-15-8-11(12)14(18)17-13(9-19-4)10(2)3/h6-8,10,13H,5,9H2,1-4H3,(H,15,16)(H,17,18). The quantitative estimate of drug-likeness (QED) is 0.790. The monoisotopic (exact) mass is 265 g/mol. The van der Waals surface area contributed by atoms with Gasteiger partial charge in [0, 0.05) is 26.0 Å². The molecule has 0 aliphatic rings. The molecule has 5 nitrogen and oxygen atoms in total. The van der Waals surface area contributed by atoms with E-state index in [1.54, 1.807) is 25.6 Å². The fraction of sp³-hybridized carbons (Fsp3) is 0.571. The molecular formula is C14H23N3O2. The van der Waals surface area contributed by atoms with E-state index in [2.05, 4.69) is 29.5 Å². The number of carbonyl (C=O) groups excluding carboxylic acids is 1. The summed E-state index contributed by atoms with van der Waals surface area (Å²) in [7, 11) is 1.63. The van der Waals surface area contributed by atoms with E-state index in [1.807, 2.05) is 6.92 Å². The maximum Gasteiger partial charge on any atom is 0.255 e. The summed E-state index contributed by atoms with van der Waals surface area (Å²) in [6.45, 7) is 7.36. The Hall–Kier alpha value is -1.62. The number of methoxy groups -OCH3 is 1. The fourth-order valence-electron chi connectivity index (χ4n) is 1.75. The van der Waals surface area contributed by atoms with Crippen LogP contribution in [0.15, 0.2) is 18.5 Å². The van der Waals surface area contributed by atoms with Crippen LogP contribution in [-0.4, -0.2) is 37.2 Å². The van der Waals surface area contributed by atoms with Crippen LogP contribution in [0.3, 0.4) is 0 Å². The van der Waals surface area contributed by atoms with Gasteiger partial charge in [-0.15, -0.1) is 0 Å². The van der Waals surface area contributed by atoms with Gasteiger partial charge in [-0.2, -0.15) is 0 Å². The molecular weight excluding hydrogens is 242 g/mol.